The summed E-state index contributed by atoms with van der Waals surface area (Å²) in [5.74, 6) is 1.70. The molecule has 2 saturated carbocycles. The molecule has 17 heavy (non-hydrogen) atoms. The maximum absolute atomic E-state index is 11.4. The van der Waals surface area contributed by atoms with Crippen molar-refractivity contribution in [3.63, 3.8) is 0 Å². The molecule has 0 aromatic carbocycles. The SMILES string of the molecule is C=CC(=O)OC1C2CC3C(COC31)C2COC. The van der Waals surface area contributed by atoms with Crippen LogP contribution in [0.4, 0.5) is 0 Å². The monoisotopic (exact) mass is 238 g/mol. The molecule has 4 nitrogen and oxygen atoms in total. The molecule has 94 valence electrons. The fourth-order valence-electron chi connectivity index (χ4n) is 4.01. The van der Waals surface area contributed by atoms with E-state index < -0.39 is 0 Å². The van der Waals surface area contributed by atoms with Crippen LogP contribution in [0.25, 0.3) is 0 Å². The lowest BCUT2D eigenvalue weighted by atomic mass is 9.79. The zero-order valence-electron chi connectivity index (χ0n) is 10.0. The summed E-state index contributed by atoms with van der Waals surface area (Å²) in [5, 5.41) is 0. The first-order valence-corrected chi connectivity index (χ1v) is 6.20. The Kier molecular flexibility index (Phi) is 2.71. The first-order chi connectivity index (χ1) is 8.26. The quantitative estimate of drug-likeness (QED) is 0.541. The summed E-state index contributed by atoms with van der Waals surface area (Å²) in [6.45, 7) is 4.98. The van der Waals surface area contributed by atoms with Crippen LogP contribution < -0.4 is 0 Å². The zero-order chi connectivity index (χ0) is 12.0. The summed E-state index contributed by atoms with van der Waals surface area (Å²) in [4.78, 5) is 11.4. The largest absolute Gasteiger partial charge is 0.456 e. The van der Waals surface area contributed by atoms with Gasteiger partial charge in [-0.1, -0.05) is 6.58 Å². The smallest absolute Gasteiger partial charge is 0.330 e. The second-order valence-corrected chi connectivity index (χ2v) is 5.25. The molecule has 0 aromatic rings. The summed E-state index contributed by atoms with van der Waals surface area (Å²) in [7, 11) is 1.73. The Labute approximate surface area is 101 Å². The van der Waals surface area contributed by atoms with E-state index in [9.17, 15) is 4.79 Å². The van der Waals surface area contributed by atoms with Gasteiger partial charge in [-0.15, -0.1) is 0 Å². The van der Waals surface area contributed by atoms with Gasteiger partial charge in [0.2, 0.25) is 0 Å². The molecule has 6 unspecified atom stereocenters. The third-order valence-corrected chi connectivity index (χ3v) is 4.62. The maximum Gasteiger partial charge on any atom is 0.330 e. The minimum atomic E-state index is -0.342. The molecule has 3 aliphatic rings. The van der Waals surface area contributed by atoms with Crippen molar-refractivity contribution >= 4 is 5.97 Å². The number of rotatable bonds is 4. The normalized spacial score (nSPS) is 46.2. The Morgan fingerprint density at radius 3 is 3.00 bits per heavy atom. The topological polar surface area (TPSA) is 44.8 Å². The van der Waals surface area contributed by atoms with Crippen molar-refractivity contribution in [2.75, 3.05) is 20.3 Å². The fraction of sp³-hybridized carbons (Fsp3) is 0.769. The number of carbonyl (C=O) groups is 1. The van der Waals surface area contributed by atoms with Gasteiger partial charge in [0.05, 0.1) is 12.7 Å². The van der Waals surface area contributed by atoms with Crippen LogP contribution in [0.3, 0.4) is 0 Å². The molecule has 1 heterocycles. The molecule has 2 aliphatic carbocycles. The number of esters is 1. The molecule has 0 radical (unpaired) electrons. The highest BCUT2D eigenvalue weighted by Crippen LogP contribution is 2.58. The van der Waals surface area contributed by atoms with E-state index in [1.807, 2.05) is 0 Å². The number of fused-ring (bicyclic) bond motifs is 1. The van der Waals surface area contributed by atoms with Crippen LogP contribution in [0.15, 0.2) is 12.7 Å². The highest BCUT2D eigenvalue weighted by Gasteiger charge is 2.63. The van der Waals surface area contributed by atoms with Crippen LogP contribution >= 0.6 is 0 Å². The average molecular weight is 238 g/mol. The maximum atomic E-state index is 11.4. The van der Waals surface area contributed by atoms with E-state index >= 15 is 0 Å². The van der Waals surface area contributed by atoms with Crippen molar-refractivity contribution in [1.29, 1.82) is 0 Å². The Morgan fingerprint density at radius 1 is 1.47 bits per heavy atom. The van der Waals surface area contributed by atoms with Gasteiger partial charge >= 0.3 is 5.97 Å². The van der Waals surface area contributed by atoms with Crippen LogP contribution in [0.1, 0.15) is 6.42 Å². The predicted molar refractivity (Wildman–Crippen MR) is 60.3 cm³/mol. The second kappa shape index (κ2) is 4.10. The third-order valence-electron chi connectivity index (χ3n) is 4.62. The van der Waals surface area contributed by atoms with E-state index in [0.29, 0.717) is 23.7 Å². The lowest BCUT2D eigenvalue weighted by Crippen LogP contribution is -2.41. The Hall–Kier alpha value is -0.870. The van der Waals surface area contributed by atoms with Crippen LogP contribution in [0.5, 0.6) is 0 Å². The minimum absolute atomic E-state index is 0.0931. The number of hydrogen-bond donors (Lipinski definition) is 0. The van der Waals surface area contributed by atoms with Crippen LogP contribution in [0.2, 0.25) is 0 Å². The van der Waals surface area contributed by atoms with E-state index in [2.05, 4.69) is 6.58 Å². The number of hydrogen-bond acceptors (Lipinski definition) is 4. The summed E-state index contributed by atoms with van der Waals surface area (Å²) in [5.41, 5.74) is 0. The first-order valence-electron chi connectivity index (χ1n) is 6.20. The molecule has 2 bridgehead atoms. The van der Waals surface area contributed by atoms with Gasteiger partial charge in [-0.3, -0.25) is 0 Å². The van der Waals surface area contributed by atoms with Crippen molar-refractivity contribution in [3.05, 3.63) is 12.7 Å². The molecule has 0 amide bonds. The van der Waals surface area contributed by atoms with Gasteiger partial charge < -0.3 is 14.2 Å². The molecule has 6 atom stereocenters. The van der Waals surface area contributed by atoms with Gasteiger partial charge in [0.25, 0.3) is 0 Å². The van der Waals surface area contributed by atoms with Crippen molar-refractivity contribution in [3.8, 4) is 0 Å². The molecular formula is C13H18O4. The highest BCUT2D eigenvalue weighted by molar-refractivity contribution is 5.81. The summed E-state index contributed by atoms with van der Waals surface area (Å²) >= 11 is 0. The van der Waals surface area contributed by atoms with E-state index in [-0.39, 0.29) is 18.2 Å². The van der Waals surface area contributed by atoms with Crippen LogP contribution in [0, 0.1) is 23.7 Å². The summed E-state index contributed by atoms with van der Waals surface area (Å²) in [6.07, 6.45) is 2.36. The molecule has 0 spiro atoms. The standard InChI is InChI=1S/C13H18O4/c1-3-11(14)17-13-8-4-7-10(6-16-12(7)13)9(8)5-15-2/h3,7-10,12-13H,1,4-6H2,2H3. The van der Waals surface area contributed by atoms with Gasteiger partial charge in [0.15, 0.2) is 0 Å². The van der Waals surface area contributed by atoms with Gasteiger partial charge in [0.1, 0.15) is 6.10 Å². The predicted octanol–water partition coefficient (Wildman–Crippen LogP) is 1.01. The van der Waals surface area contributed by atoms with Gasteiger partial charge in [-0.2, -0.15) is 0 Å². The third kappa shape index (κ3) is 1.54. The lowest BCUT2D eigenvalue weighted by molar-refractivity contribution is -0.153. The Morgan fingerprint density at radius 2 is 2.29 bits per heavy atom. The van der Waals surface area contributed by atoms with Gasteiger partial charge in [-0.05, 0) is 24.2 Å². The molecule has 1 saturated heterocycles. The van der Waals surface area contributed by atoms with E-state index in [1.165, 1.54) is 6.08 Å². The number of carbonyl (C=O) groups excluding carboxylic acids is 1. The van der Waals surface area contributed by atoms with Crippen molar-refractivity contribution in [2.45, 2.75) is 18.6 Å². The minimum Gasteiger partial charge on any atom is -0.456 e. The fourth-order valence-corrected chi connectivity index (χ4v) is 4.01. The van der Waals surface area contributed by atoms with E-state index in [0.717, 1.165) is 19.6 Å². The van der Waals surface area contributed by atoms with Gasteiger partial charge in [-0.25, -0.2) is 4.79 Å². The highest BCUT2D eigenvalue weighted by atomic mass is 16.6. The van der Waals surface area contributed by atoms with Crippen LogP contribution in [-0.4, -0.2) is 38.5 Å². The molecular weight excluding hydrogens is 220 g/mol. The van der Waals surface area contributed by atoms with Crippen molar-refractivity contribution in [1.82, 2.24) is 0 Å². The van der Waals surface area contributed by atoms with Crippen molar-refractivity contribution in [2.24, 2.45) is 23.7 Å². The summed E-state index contributed by atoms with van der Waals surface area (Å²) < 4.78 is 16.6. The molecule has 0 N–H and O–H groups in total. The van der Waals surface area contributed by atoms with E-state index in [4.69, 9.17) is 14.2 Å². The lowest BCUT2D eigenvalue weighted by Gasteiger charge is -2.32. The average Bonchev–Trinajstić information content (AvgIpc) is 2.92. The first kappa shape index (κ1) is 11.2. The van der Waals surface area contributed by atoms with E-state index in [1.54, 1.807) is 7.11 Å². The number of methoxy groups -OCH3 is 1. The Balaban J connectivity index is 1.78. The Bertz CT molecular complexity index is 340. The molecule has 3 fully saturated rings. The molecule has 4 heteroatoms. The molecule has 1 aliphatic heterocycles. The van der Waals surface area contributed by atoms with Gasteiger partial charge in [0, 0.05) is 25.7 Å². The molecule has 3 rings (SSSR count). The second-order valence-electron chi connectivity index (χ2n) is 5.25. The summed E-state index contributed by atoms with van der Waals surface area (Å²) in [6, 6.07) is 0. The zero-order valence-corrected chi connectivity index (χ0v) is 10.0. The van der Waals surface area contributed by atoms with Crippen molar-refractivity contribution < 1.29 is 19.0 Å². The number of ether oxygens (including phenoxy) is 3. The molecule has 0 aromatic heterocycles. The van der Waals surface area contributed by atoms with Crippen LogP contribution in [-0.2, 0) is 19.0 Å².